The van der Waals surface area contributed by atoms with Gasteiger partial charge in [0.15, 0.2) is 11.5 Å². The van der Waals surface area contributed by atoms with Crippen molar-refractivity contribution in [1.82, 2.24) is 0 Å². The molecule has 3 unspecified atom stereocenters. The van der Waals surface area contributed by atoms with Crippen LogP contribution in [0.5, 0.6) is 11.5 Å². The topological polar surface area (TPSA) is 42.2 Å². The molecule has 0 aliphatic heterocycles. The van der Waals surface area contributed by atoms with Gasteiger partial charge in [0.1, 0.15) is 6.10 Å². The zero-order valence-corrected chi connectivity index (χ0v) is 12.3. The average molecular weight is 273 g/mol. The van der Waals surface area contributed by atoms with Crippen molar-refractivity contribution in [3.8, 4) is 17.6 Å². The summed E-state index contributed by atoms with van der Waals surface area (Å²) in [4.78, 5) is 0. The van der Waals surface area contributed by atoms with E-state index in [9.17, 15) is 5.26 Å². The number of nitrogens with zero attached hydrogens (tertiary/aromatic N) is 1. The van der Waals surface area contributed by atoms with Crippen LogP contribution in [-0.2, 0) is 0 Å². The molecule has 0 N–H and O–H groups in total. The predicted octanol–water partition coefficient (Wildman–Crippen LogP) is 4.18. The monoisotopic (exact) mass is 273 g/mol. The van der Waals surface area contributed by atoms with Gasteiger partial charge >= 0.3 is 0 Å². The van der Waals surface area contributed by atoms with Crippen LogP contribution in [0.15, 0.2) is 24.3 Å². The Bertz CT molecular complexity index is 466. The fraction of sp³-hybridized carbons (Fsp3) is 0.588. The first-order valence-electron chi connectivity index (χ1n) is 7.56. The second-order valence-electron chi connectivity index (χ2n) is 5.36. The molecule has 1 aromatic carbocycles. The summed E-state index contributed by atoms with van der Waals surface area (Å²) in [5.74, 6) is 2.19. The lowest BCUT2D eigenvalue weighted by atomic mass is 9.79. The van der Waals surface area contributed by atoms with Crippen LogP contribution in [0.2, 0.25) is 0 Å². The summed E-state index contributed by atoms with van der Waals surface area (Å²) < 4.78 is 11.7. The second-order valence-corrected chi connectivity index (χ2v) is 5.36. The normalized spacial score (nSPS) is 25.8. The maximum atomic E-state index is 9.31. The summed E-state index contributed by atoms with van der Waals surface area (Å²) in [5.41, 5.74) is 0. The molecule has 0 radical (unpaired) electrons. The van der Waals surface area contributed by atoms with Crippen molar-refractivity contribution in [3.63, 3.8) is 0 Å². The van der Waals surface area contributed by atoms with E-state index in [0.29, 0.717) is 12.5 Å². The van der Waals surface area contributed by atoms with Gasteiger partial charge in [0, 0.05) is 0 Å². The third-order valence-electron chi connectivity index (χ3n) is 4.07. The van der Waals surface area contributed by atoms with Crippen molar-refractivity contribution in [2.75, 3.05) is 6.61 Å². The van der Waals surface area contributed by atoms with Gasteiger partial charge in [-0.15, -0.1) is 0 Å². The fourth-order valence-electron chi connectivity index (χ4n) is 2.85. The number of nitriles is 1. The molecule has 1 saturated carbocycles. The van der Waals surface area contributed by atoms with Crippen LogP contribution in [0.4, 0.5) is 0 Å². The quantitative estimate of drug-likeness (QED) is 0.808. The molecule has 108 valence electrons. The van der Waals surface area contributed by atoms with E-state index in [2.05, 4.69) is 13.0 Å². The Morgan fingerprint density at radius 3 is 2.60 bits per heavy atom. The van der Waals surface area contributed by atoms with Crippen molar-refractivity contribution >= 4 is 0 Å². The molecular weight excluding hydrogens is 250 g/mol. The number of hydrogen-bond acceptors (Lipinski definition) is 3. The maximum Gasteiger partial charge on any atom is 0.161 e. The molecule has 0 spiro atoms. The molecule has 0 aromatic heterocycles. The van der Waals surface area contributed by atoms with E-state index in [0.717, 1.165) is 37.2 Å². The standard InChI is InChI=1S/C17H23NO2/c1-3-13-9-10-14(12-18)17(11-13)20-16-8-6-5-7-15(16)19-4-2/h5-8,13-14,17H,3-4,9-11H2,1-2H3. The Hall–Kier alpha value is -1.69. The van der Waals surface area contributed by atoms with Gasteiger partial charge in [-0.1, -0.05) is 25.5 Å². The van der Waals surface area contributed by atoms with Crippen molar-refractivity contribution in [3.05, 3.63) is 24.3 Å². The second kappa shape index (κ2) is 7.19. The van der Waals surface area contributed by atoms with Crippen molar-refractivity contribution in [1.29, 1.82) is 5.26 Å². The van der Waals surface area contributed by atoms with E-state index in [-0.39, 0.29) is 12.0 Å². The third kappa shape index (κ3) is 3.45. The first-order chi connectivity index (χ1) is 9.78. The lowest BCUT2D eigenvalue weighted by Gasteiger charge is -2.32. The molecule has 0 saturated heterocycles. The summed E-state index contributed by atoms with van der Waals surface area (Å²) in [6.45, 7) is 4.79. The molecular formula is C17H23NO2. The van der Waals surface area contributed by atoms with Gasteiger partial charge in [0.25, 0.3) is 0 Å². The molecule has 20 heavy (non-hydrogen) atoms. The van der Waals surface area contributed by atoms with Gasteiger partial charge in [-0.2, -0.15) is 5.26 Å². The first-order valence-corrected chi connectivity index (χ1v) is 7.56. The number of para-hydroxylation sites is 2. The van der Waals surface area contributed by atoms with Crippen LogP contribution in [0.3, 0.4) is 0 Å². The van der Waals surface area contributed by atoms with E-state index < -0.39 is 0 Å². The molecule has 1 aliphatic rings. The van der Waals surface area contributed by atoms with Crippen LogP contribution in [0.25, 0.3) is 0 Å². The molecule has 0 amide bonds. The SMILES string of the molecule is CCOc1ccccc1OC1CC(CC)CCC1C#N. The summed E-state index contributed by atoms with van der Waals surface area (Å²) in [5, 5.41) is 9.31. The maximum absolute atomic E-state index is 9.31. The van der Waals surface area contributed by atoms with Gasteiger partial charge in [0.05, 0.1) is 18.6 Å². The Morgan fingerprint density at radius 1 is 1.20 bits per heavy atom. The van der Waals surface area contributed by atoms with E-state index in [1.54, 1.807) is 0 Å². The highest BCUT2D eigenvalue weighted by molar-refractivity contribution is 5.39. The van der Waals surface area contributed by atoms with Crippen LogP contribution >= 0.6 is 0 Å². The van der Waals surface area contributed by atoms with Crippen LogP contribution in [0.1, 0.15) is 39.5 Å². The first kappa shape index (κ1) is 14.7. The molecule has 0 heterocycles. The Kier molecular flexibility index (Phi) is 5.29. The Morgan fingerprint density at radius 2 is 1.95 bits per heavy atom. The minimum absolute atomic E-state index is 0.00696. The number of rotatable bonds is 5. The zero-order chi connectivity index (χ0) is 14.4. The van der Waals surface area contributed by atoms with E-state index >= 15 is 0 Å². The summed E-state index contributed by atoms with van der Waals surface area (Å²) in [7, 11) is 0. The average Bonchev–Trinajstić information content (AvgIpc) is 2.49. The van der Waals surface area contributed by atoms with Gasteiger partial charge in [0.2, 0.25) is 0 Å². The molecule has 0 bridgehead atoms. The van der Waals surface area contributed by atoms with Crippen molar-refractivity contribution in [2.45, 2.75) is 45.6 Å². The largest absolute Gasteiger partial charge is 0.490 e. The highest BCUT2D eigenvalue weighted by Gasteiger charge is 2.31. The molecule has 1 fully saturated rings. The van der Waals surface area contributed by atoms with Gasteiger partial charge in [-0.05, 0) is 44.2 Å². The minimum atomic E-state index is -0.0136. The summed E-state index contributed by atoms with van der Waals surface area (Å²) in [6, 6.07) is 10.1. The molecule has 3 nitrogen and oxygen atoms in total. The van der Waals surface area contributed by atoms with E-state index in [4.69, 9.17) is 9.47 Å². The van der Waals surface area contributed by atoms with E-state index in [1.807, 2.05) is 31.2 Å². The molecule has 3 heteroatoms. The number of ether oxygens (including phenoxy) is 2. The molecule has 1 aliphatic carbocycles. The minimum Gasteiger partial charge on any atom is -0.490 e. The number of benzene rings is 1. The van der Waals surface area contributed by atoms with Gasteiger partial charge < -0.3 is 9.47 Å². The third-order valence-corrected chi connectivity index (χ3v) is 4.07. The fourth-order valence-corrected chi connectivity index (χ4v) is 2.85. The van der Waals surface area contributed by atoms with E-state index in [1.165, 1.54) is 0 Å². The zero-order valence-electron chi connectivity index (χ0n) is 12.3. The molecule has 2 rings (SSSR count). The van der Waals surface area contributed by atoms with Crippen LogP contribution < -0.4 is 9.47 Å². The molecule has 3 atom stereocenters. The lowest BCUT2D eigenvalue weighted by molar-refractivity contribution is 0.0856. The Balaban J connectivity index is 2.12. The van der Waals surface area contributed by atoms with Crippen LogP contribution in [-0.4, -0.2) is 12.7 Å². The van der Waals surface area contributed by atoms with Crippen LogP contribution in [0, 0.1) is 23.2 Å². The van der Waals surface area contributed by atoms with Gasteiger partial charge in [-0.3, -0.25) is 0 Å². The molecule has 1 aromatic rings. The lowest BCUT2D eigenvalue weighted by Crippen LogP contribution is -2.33. The highest BCUT2D eigenvalue weighted by Crippen LogP contribution is 2.36. The summed E-state index contributed by atoms with van der Waals surface area (Å²) in [6.07, 6.45) is 4.19. The smallest absolute Gasteiger partial charge is 0.161 e. The Labute approximate surface area is 121 Å². The highest BCUT2D eigenvalue weighted by atomic mass is 16.5. The van der Waals surface area contributed by atoms with Crippen molar-refractivity contribution in [2.24, 2.45) is 11.8 Å². The van der Waals surface area contributed by atoms with Crippen molar-refractivity contribution < 1.29 is 9.47 Å². The number of hydrogen-bond donors (Lipinski definition) is 0. The summed E-state index contributed by atoms with van der Waals surface area (Å²) >= 11 is 0. The van der Waals surface area contributed by atoms with Gasteiger partial charge in [-0.25, -0.2) is 0 Å². The predicted molar refractivity (Wildman–Crippen MR) is 78.8 cm³/mol.